The van der Waals surface area contributed by atoms with E-state index >= 15 is 0 Å². The van der Waals surface area contributed by atoms with E-state index in [4.69, 9.17) is 15.3 Å². The van der Waals surface area contributed by atoms with Crippen LogP contribution in [0.4, 0.5) is 4.39 Å². The molecule has 0 amide bonds. The molecule has 0 spiro atoms. The third-order valence-corrected chi connectivity index (χ3v) is 2.67. The predicted octanol–water partition coefficient (Wildman–Crippen LogP) is 2.85. The van der Waals surface area contributed by atoms with Gasteiger partial charge in [-0.1, -0.05) is 6.07 Å². The molecule has 0 saturated carbocycles. The zero-order chi connectivity index (χ0) is 14.5. The first-order valence-corrected chi connectivity index (χ1v) is 5.83. The number of pyridine rings is 1. The molecule has 0 fully saturated rings. The Morgan fingerprint density at radius 1 is 1.20 bits per heavy atom. The van der Waals surface area contributed by atoms with Crippen LogP contribution in [0.3, 0.4) is 0 Å². The fourth-order valence-electron chi connectivity index (χ4n) is 1.61. The summed E-state index contributed by atoms with van der Waals surface area (Å²) in [6, 6.07) is 11.3. The molecule has 0 aliphatic rings. The van der Waals surface area contributed by atoms with Crippen molar-refractivity contribution in [1.82, 2.24) is 4.98 Å². The second kappa shape index (κ2) is 5.81. The van der Waals surface area contributed by atoms with E-state index in [1.165, 1.54) is 12.1 Å². The largest absolute Gasteiger partial charge is 0.472 e. The van der Waals surface area contributed by atoms with Crippen LogP contribution < -0.4 is 4.74 Å². The van der Waals surface area contributed by atoms with Crippen LogP contribution in [0.2, 0.25) is 0 Å². The Balaban J connectivity index is 2.19. The molecule has 1 aromatic carbocycles. The van der Waals surface area contributed by atoms with E-state index in [0.29, 0.717) is 16.8 Å². The van der Waals surface area contributed by atoms with E-state index < -0.39 is 5.82 Å². The van der Waals surface area contributed by atoms with Crippen molar-refractivity contribution in [2.24, 2.45) is 0 Å². The van der Waals surface area contributed by atoms with Gasteiger partial charge in [0, 0.05) is 11.3 Å². The van der Waals surface area contributed by atoms with E-state index in [2.05, 4.69) is 4.98 Å². The first-order chi connectivity index (χ1) is 9.63. The van der Waals surface area contributed by atoms with Crippen LogP contribution in [0.25, 0.3) is 0 Å². The standard InChI is InChI=1S/C15H10FN3O/c1-10-2-4-12(8-18)15(19-10)20-9-13-5-3-11(7-17)6-14(13)16/h2-6H,9H2,1H3. The topological polar surface area (TPSA) is 69.7 Å². The Morgan fingerprint density at radius 3 is 2.65 bits per heavy atom. The fraction of sp³-hybridized carbons (Fsp3) is 0.133. The highest BCUT2D eigenvalue weighted by Crippen LogP contribution is 2.18. The Labute approximate surface area is 115 Å². The van der Waals surface area contributed by atoms with Gasteiger partial charge in [-0.15, -0.1) is 0 Å². The van der Waals surface area contributed by atoms with Crippen LogP contribution in [0, 0.1) is 35.4 Å². The van der Waals surface area contributed by atoms with Crippen LogP contribution in [0.15, 0.2) is 30.3 Å². The van der Waals surface area contributed by atoms with Crippen LogP contribution >= 0.6 is 0 Å². The zero-order valence-corrected chi connectivity index (χ0v) is 10.7. The number of halogens is 1. The van der Waals surface area contributed by atoms with Gasteiger partial charge in [0.15, 0.2) is 0 Å². The molecule has 0 aliphatic carbocycles. The highest BCUT2D eigenvalue weighted by Gasteiger charge is 2.08. The molecule has 0 N–H and O–H groups in total. The van der Waals surface area contributed by atoms with Crippen LogP contribution in [-0.2, 0) is 6.61 Å². The molecule has 0 radical (unpaired) electrons. The molecule has 0 saturated heterocycles. The fourth-order valence-corrected chi connectivity index (χ4v) is 1.61. The normalized spacial score (nSPS) is 9.60. The molecule has 0 aliphatic heterocycles. The number of aromatic nitrogens is 1. The number of hydrogen-bond acceptors (Lipinski definition) is 4. The van der Waals surface area contributed by atoms with Crippen molar-refractivity contribution in [3.63, 3.8) is 0 Å². The molecule has 98 valence electrons. The van der Waals surface area contributed by atoms with Crippen molar-refractivity contribution < 1.29 is 9.13 Å². The Morgan fingerprint density at radius 2 is 2.00 bits per heavy atom. The molecule has 0 unspecified atom stereocenters. The van der Waals surface area contributed by atoms with Gasteiger partial charge in [-0.05, 0) is 31.2 Å². The maximum Gasteiger partial charge on any atom is 0.232 e. The molecule has 5 heteroatoms. The summed E-state index contributed by atoms with van der Waals surface area (Å²) in [6.07, 6.45) is 0. The molecule has 20 heavy (non-hydrogen) atoms. The van der Waals surface area contributed by atoms with Gasteiger partial charge in [0.25, 0.3) is 0 Å². The first-order valence-electron chi connectivity index (χ1n) is 5.83. The van der Waals surface area contributed by atoms with Gasteiger partial charge >= 0.3 is 0 Å². The molecule has 1 aromatic heterocycles. The van der Waals surface area contributed by atoms with Crippen molar-refractivity contribution in [3.05, 3.63) is 58.5 Å². The SMILES string of the molecule is Cc1ccc(C#N)c(OCc2ccc(C#N)cc2F)n1. The van der Waals surface area contributed by atoms with Gasteiger partial charge in [-0.25, -0.2) is 9.37 Å². The van der Waals surface area contributed by atoms with E-state index in [-0.39, 0.29) is 18.1 Å². The lowest BCUT2D eigenvalue weighted by molar-refractivity contribution is 0.286. The van der Waals surface area contributed by atoms with Gasteiger partial charge in [0.05, 0.1) is 11.6 Å². The van der Waals surface area contributed by atoms with Crippen molar-refractivity contribution in [1.29, 1.82) is 10.5 Å². The molecule has 2 aromatic rings. The first kappa shape index (κ1) is 13.5. The minimum Gasteiger partial charge on any atom is -0.472 e. The molecular formula is C15H10FN3O. The van der Waals surface area contributed by atoms with E-state index in [1.807, 2.05) is 12.1 Å². The minimum atomic E-state index is -0.518. The highest BCUT2D eigenvalue weighted by molar-refractivity contribution is 5.39. The maximum atomic E-state index is 13.7. The summed E-state index contributed by atoms with van der Waals surface area (Å²) >= 11 is 0. The second-order valence-electron chi connectivity index (χ2n) is 4.12. The number of hydrogen-bond donors (Lipinski definition) is 0. The lowest BCUT2D eigenvalue weighted by atomic mass is 10.1. The average molecular weight is 267 g/mol. The Hall–Kier alpha value is -2.92. The quantitative estimate of drug-likeness (QED) is 0.857. The zero-order valence-electron chi connectivity index (χ0n) is 10.7. The third-order valence-electron chi connectivity index (χ3n) is 2.67. The van der Waals surface area contributed by atoms with Gasteiger partial charge in [0.1, 0.15) is 24.1 Å². The molecular weight excluding hydrogens is 257 g/mol. The summed E-state index contributed by atoms with van der Waals surface area (Å²) < 4.78 is 19.1. The van der Waals surface area contributed by atoms with Crippen molar-refractivity contribution in [2.75, 3.05) is 0 Å². The average Bonchev–Trinajstić information content (AvgIpc) is 2.46. The van der Waals surface area contributed by atoms with Crippen LogP contribution in [0.1, 0.15) is 22.4 Å². The van der Waals surface area contributed by atoms with Gasteiger partial charge in [0.2, 0.25) is 5.88 Å². The van der Waals surface area contributed by atoms with E-state index in [1.54, 1.807) is 19.1 Å². The molecule has 0 bridgehead atoms. The number of benzene rings is 1. The van der Waals surface area contributed by atoms with E-state index in [0.717, 1.165) is 6.07 Å². The number of nitriles is 2. The molecule has 1 heterocycles. The molecule has 4 nitrogen and oxygen atoms in total. The van der Waals surface area contributed by atoms with Gasteiger partial charge < -0.3 is 4.74 Å². The highest BCUT2D eigenvalue weighted by atomic mass is 19.1. The Kier molecular flexibility index (Phi) is 3.93. The molecule has 0 atom stereocenters. The summed E-state index contributed by atoms with van der Waals surface area (Å²) in [4.78, 5) is 4.10. The number of ether oxygens (including phenoxy) is 1. The van der Waals surface area contributed by atoms with Crippen molar-refractivity contribution in [3.8, 4) is 18.0 Å². The summed E-state index contributed by atoms with van der Waals surface area (Å²) in [6.45, 7) is 1.72. The summed E-state index contributed by atoms with van der Waals surface area (Å²) in [5.41, 5.74) is 1.55. The number of aryl methyl sites for hydroxylation is 1. The van der Waals surface area contributed by atoms with Gasteiger partial charge in [-0.2, -0.15) is 10.5 Å². The number of nitrogens with zero attached hydrogens (tertiary/aromatic N) is 3. The minimum absolute atomic E-state index is 0.0529. The Bertz CT molecular complexity index is 729. The lowest BCUT2D eigenvalue weighted by Gasteiger charge is -2.08. The smallest absolute Gasteiger partial charge is 0.232 e. The molecule has 2 rings (SSSR count). The number of rotatable bonds is 3. The van der Waals surface area contributed by atoms with Crippen molar-refractivity contribution in [2.45, 2.75) is 13.5 Å². The summed E-state index contributed by atoms with van der Waals surface area (Å²) in [5, 5.41) is 17.6. The monoisotopic (exact) mass is 267 g/mol. The van der Waals surface area contributed by atoms with Crippen molar-refractivity contribution >= 4 is 0 Å². The summed E-state index contributed by atoms with van der Waals surface area (Å²) in [5.74, 6) is -0.341. The third kappa shape index (κ3) is 2.90. The lowest BCUT2D eigenvalue weighted by Crippen LogP contribution is -2.02. The predicted molar refractivity (Wildman–Crippen MR) is 69.1 cm³/mol. The second-order valence-corrected chi connectivity index (χ2v) is 4.12. The van der Waals surface area contributed by atoms with E-state index in [9.17, 15) is 4.39 Å². The van der Waals surface area contributed by atoms with Gasteiger partial charge in [-0.3, -0.25) is 0 Å². The maximum absolute atomic E-state index is 13.7. The van der Waals surface area contributed by atoms with Crippen LogP contribution in [0.5, 0.6) is 5.88 Å². The van der Waals surface area contributed by atoms with Crippen LogP contribution in [-0.4, -0.2) is 4.98 Å². The summed E-state index contributed by atoms with van der Waals surface area (Å²) in [7, 11) is 0.